The molecule has 0 aromatic rings. The molecule has 2 aliphatic rings. The van der Waals surface area contributed by atoms with Gasteiger partial charge in [-0.15, -0.1) is 0 Å². The van der Waals surface area contributed by atoms with Crippen molar-refractivity contribution < 1.29 is 9.53 Å². The molecule has 2 fully saturated rings. The number of carbonyl (C=O) groups excluding carboxylic acids is 1. The molecule has 1 saturated carbocycles. The molecule has 5 nitrogen and oxygen atoms in total. The van der Waals surface area contributed by atoms with Crippen LogP contribution in [0.3, 0.4) is 0 Å². The van der Waals surface area contributed by atoms with E-state index in [1.54, 1.807) is 7.11 Å². The smallest absolute Gasteiger partial charge is 0.221 e. The van der Waals surface area contributed by atoms with Crippen LogP contribution in [-0.4, -0.2) is 55.7 Å². The summed E-state index contributed by atoms with van der Waals surface area (Å²) in [6.45, 7) is 2.52. The lowest BCUT2D eigenvalue weighted by Gasteiger charge is -2.36. The highest BCUT2D eigenvalue weighted by Crippen LogP contribution is 2.20. The third-order valence-electron chi connectivity index (χ3n) is 3.96. The quantitative estimate of drug-likeness (QED) is 0.706. The van der Waals surface area contributed by atoms with Crippen LogP contribution in [0.4, 0.5) is 0 Å². The minimum Gasteiger partial charge on any atom is -0.381 e. The fourth-order valence-electron chi connectivity index (χ4n) is 2.57. The number of nitrogens with one attached hydrogen (secondary N) is 1. The third-order valence-corrected chi connectivity index (χ3v) is 3.96. The van der Waals surface area contributed by atoms with Gasteiger partial charge in [-0.25, -0.2) is 0 Å². The van der Waals surface area contributed by atoms with Crippen molar-refractivity contribution >= 4 is 5.91 Å². The number of piperidine rings is 1. The number of ether oxygens (including phenoxy) is 1. The fraction of sp³-hybridized carbons (Fsp3) is 0.923. The average molecular weight is 255 g/mol. The maximum atomic E-state index is 11.8. The van der Waals surface area contributed by atoms with Gasteiger partial charge < -0.3 is 15.8 Å². The van der Waals surface area contributed by atoms with Crippen molar-refractivity contribution in [2.75, 3.05) is 26.7 Å². The van der Waals surface area contributed by atoms with Gasteiger partial charge >= 0.3 is 0 Å². The van der Waals surface area contributed by atoms with E-state index in [1.807, 2.05) is 0 Å². The predicted molar refractivity (Wildman–Crippen MR) is 70.2 cm³/mol. The van der Waals surface area contributed by atoms with E-state index in [9.17, 15) is 4.79 Å². The number of carbonyl (C=O) groups is 1. The van der Waals surface area contributed by atoms with Crippen molar-refractivity contribution in [3.05, 3.63) is 0 Å². The van der Waals surface area contributed by atoms with E-state index in [0.717, 1.165) is 38.8 Å². The second-order valence-corrected chi connectivity index (χ2v) is 5.41. The zero-order chi connectivity index (χ0) is 13.0. The van der Waals surface area contributed by atoms with E-state index in [2.05, 4.69) is 10.2 Å². The van der Waals surface area contributed by atoms with E-state index in [4.69, 9.17) is 10.5 Å². The van der Waals surface area contributed by atoms with Crippen LogP contribution < -0.4 is 11.1 Å². The Labute approximate surface area is 109 Å². The lowest BCUT2D eigenvalue weighted by atomic mass is 10.0. The molecule has 104 valence electrons. The lowest BCUT2D eigenvalue weighted by Crippen LogP contribution is -2.48. The number of hydrogen-bond acceptors (Lipinski definition) is 4. The molecule has 18 heavy (non-hydrogen) atoms. The standard InChI is InChI=1S/C13H25N3O2/c1-18-12-4-6-16(7-5-12)11(9-14)8-13(17)15-10-2-3-10/h10-12H,2-9,14H2,1H3,(H,15,17). The molecule has 0 bridgehead atoms. The van der Waals surface area contributed by atoms with Crippen LogP contribution in [0.25, 0.3) is 0 Å². The summed E-state index contributed by atoms with van der Waals surface area (Å²) < 4.78 is 5.36. The summed E-state index contributed by atoms with van der Waals surface area (Å²) in [5, 5.41) is 3.03. The first-order chi connectivity index (χ1) is 8.72. The van der Waals surface area contributed by atoms with Gasteiger partial charge in [-0.1, -0.05) is 0 Å². The summed E-state index contributed by atoms with van der Waals surface area (Å²) in [6.07, 6.45) is 5.26. The van der Waals surface area contributed by atoms with Gasteiger partial charge in [0.25, 0.3) is 0 Å². The molecule has 1 unspecified atom stereocenters. The van der Waals surface area contributed by atoms with Gasteiger partial charge in [-0.3, -0.25) is 9.69 Å². The second-order valence-electron chi connectivity index (χ2n) is 5.41. The van der Waals surface area contributed by atoms with Gasteiger partial charge in [0.2, 0.25) is 5.91 Å². The monoisotopic (exact) mass is 255 g/mol. The van der Waals surface area contributed by atoms with E-state index in [1.165, 1.54) is 0 Å². The van der Waals surface area contributed by atoms with Crippen molar-refractivity contribution in [1.29, 1.82) is 0 Å². The van der Waals surface area contributed by atoms with Crippen LogP contribution in [0.2, 0.25) is 0 Å². The molecule has 2 rings (SSSR count). The van der Waals surface area contributed by atoms with Crippen LogP contribution >= 0.6 is 0 Å². The Kier molecular flexibility index (Phi) is 4.97. The summed E-state index contributed by atoms with van der Waals surface area (Å²) in [7, 11) is 1.77. The molecular weight excluding hydrogens is 230 g/mol. The van der Waals surface area contributed by atoms with Gasteiger partial charge in [0.05, 0.1) is 6.10 Å². The molecule has 1 aliphatic carbocycles. The highest BCUT2D eigenvalue weighted by Gasteiger charge is 2.28. The number of nitrogens with two attached hydrogens (primary N) is 1. The van der Waals surface area contributed by atoms with Crippen molar-refractivity contribution in [1.82, 2.24) is 10.2 Å². The number of rotatable bonds is 6. The zero-order valence-electron chi connectivity index (χ0n) is 11.2. The van der Waals surface area contributed by atoms with Gasteiger partial charge in [0.15, 0.2) is 0 Å². The maximum absolute atomic E-state index is 11.8. The SMILES string of the molecule is COC1CCN(C(CN)CC(=O)NC2CC2)CC1. The highest BCUT2D eigenvalue weighted by atomic mass is 16.5. The molecule has 1 heterocycles. The number of amides is 1. The molecule has 0 radical (unpaired) electrons. The topological polar surface area (TPSA) is 67.6 Å². The fourth-order valence-corrected chi connectivity index (χ4v) is 2.57. The van der Waals surface area contributed by atoms with E-state index < -0.39 is 0 Å². The van der Waals surface area contributed by atoms with E-state index in [0.29, 0.717) is 25.1 Å². The Bertz CT molecular complexity index is 273. The summed E-state index contributed by atoms with van der Waals surface area (Å²) >= 11 is 0. The molecule has 5 heteroatoms. The first-order valence-electron chi connectivity index (χ1n) is 6.99. The Morgan fingerprint density at radius 2 is 2.06 bits per heavy atom. The van der Waals surface area contributed by atoms with Crippen LogP contribution in [0.1, 0.15) is 32.1 Å². The summed E-state index contributed by atoms with van der Waals surface area (Å²) in [6, 6.07) is 0.622. The van der Waals surface area contributed by atoms with Crippen LogP contribution in [-0.2, 0) is 9.53 Å². The second kappa shape index (κ2) is 6.50. The van der Waals surface area contributed by atoms with Crippen molar-refractivity contribution in [3.63, 3.8) is 0 Å². The largest absolute Gasteiger partial charge is 0.381 e. The number of methoxy groups -OCH3 is 1. The Morgan fingerprint density at radius 1 is 1.39 bits per heavy atom. The summed E-state index contributed by atoms with van der Waals surface area (Å²) in [5.41, 5.74) is 5.81. The van der Waals surface area contributed by atoms with E-state index in [-0.39, 0.29) is 11.9 Å². The Balaban J connectivity index is 1.75. The molecule has 3 N–H and O–H groups in total. The summed E-state index contributed by atoms with van der Waals surface area (Å²) in [4.78, 5) is 14.1. The molecule has 1 amide bonds. The summed E-state index contributed by atoms with van der Waals surface area (Å²) in [5.74, 6) is 0.154. The van der Waals surface area contributed by atoms with Crippen LogP contribution in [0, 0.1) is 0 Å². The van der Waals surface area contributed by atoms with Gasteiger partial charge in [-0.05, 0) is 25.7 Å². The molecule has 1 atom stereocenters. The van der Waals surface area contributed by atoms with E-state index >= 15 is 0 Å². The van der Waals surface area contributed by atoms with Gasteiger partial charge in [-0.2, -0.15) is 0 Å². The number of hydrogen-bond donors (Lipinski definition) is 2. The predicted octanol–water partition coefficient (Wildman–Crippen LogP) is 0.0932. The zero-order valence-corrected chi connectivity index (χ0v) is 11.2. The van der Waals surface area contributed by atoms with Crippen molar-refractivity contribution in [2.45, 2.75) is 50.3 Å². The molecule has 1 aliphatic heterocycles. The third kappa shape index (κ3) is 3.93. The molecule has 1 saturated heterocycles. The van der Waals surface area contributed by atoms with Gasteiger partial charge in [0.1, 0.15) is 0 Å². The minimum atomic E-state index is 0.154. The van der Waals surface area contributed by atoms with Crippen molar-refractivity contribution in [2.24, 2.45) is 5.73 Å². The molecule has 0 spiro atoms. The first kappa shape index (κ1) is 13.8. The maximum Gasteiger partial charge on any atom is 0.221 e. The molecular formula is C13H25N3O2. The van der Waals surface area contributed by atoms with Gasteiger partial charge in [0, 0.05) is 45.2 Å². The Morgan fingerprint density at radius 3 is 2.56 bits per heavy atom. The van der Waals surface area contributed by atoms with Crippen molar-refractivity contribution in [3.8, 4) is 0 Å². The average Bonchev–Trinajstić information content (AvgIpc) is 3.20. The number of nitrogens with zero attached hydrogens (tertiary/aromatic N) is 1. The normalized spacial score (nSPS) is 23.9. The number of likely N-dealkylation sites (tertiary alicyclic amines) is 1. The van der Waals surface area contributed by atoms with Crippen LogP contribution in [0.15, 0.2) is 0 Å². The lowest BCUT2D eigenvalue weighted by molar-refractivity contribution is -0.122. The molecule has 0 aromatic carbocycles. The Hall–Kier alpha value is -0.650. The highest BCUT2D eigenvalue weighted by molar-refractivity contribution is 5.77. The minimum absolute atomic E-state index is 0.154. The van der Waals surface area contributed by atoms with Crippen LogP contribution in [0.5, 0.6) is 0 Å². The molecule has 0 aromatic heterocycles. The first-order valence-corrected chi connectivity index (χ1v) is 6.99.